The third-order valence-corrected chi connectivity index (χ3v) is 4.66. The van der Waals surface area contributed by atoms with Gasteiger partial charge in [0, 0.05) is 21.5 Å². The van der Waals surface area contributed by atoms with Crippen molar-refractivity contribution in [2.24, 2.45) is 5.73 Å². The van der Waals surface area contributed by atoms with Crippen molar-refractivity contribution in [3.8, 4) is 17.3 Å². The second-order valence-electron chi connectivity index (χ2n) is 5.72. The number of aryl methyl sites for hydroxylation is 1. The standard InChI is InChI=1S/C19H17Cl2N3/c20-13-5-6-15(17(21)10-13)19-14(3-1-2-8-22)16-9-12(11-23)4-7-18(16)24-19/h4-7,9-10,24H,1-3,8,22H2. The van der Waals surface area contributed by atoms with Crippen molar-refractivity contribution in [3.05, 3.63) is 57.6 Å². The number of aromatic nitrogens is 1. The molecule has 0 amide bonds. The lowest BCUT2D eigenvalue weighted by atomic mass is 9.99. The Balaban J connectivity index is 2.18. The molecule has 0 spiro atoms. The van der Waals surface area contributed by atoms with Crippen molar-refractivity contribution in [3.63, 3.8) is 0 Å². The first-order chi connectivity index (χ1) is 11.6. The van der Waals surface area contributed by atoms with E-state index in [9.17, 15) is 5.26 Å². The molecule has 3 nitrogen and oxygen atoms in total. The number of nitriles is 1. The number of H-pyrrole nitrogens is 1. The van der Waals surface area contributed by atoms with E-state index in [1.54, 1.807) is 6.07 Å². The lowest BCUT2D eigenvalue weighted by molar-refractivity contribution is 0.748. The minimum Gasteiger partial charge on any atom is -0.354 e. The lowest BCUT2D eigenvalue weighted by Gasteiger charge is -2.07. The number of fused-ring (bicyclic) bond motifs is 1. The van der Waals surface area contributed by atoms with Gasteiger partial charge in [0.15, 0.2) is 0 Å². The third-order valence-electron chi connectivity index (χ3n) is 4.12. The maximum absolute atomic E-state index is 9.19. The van der Waals surface area contributed by atoms with Gasteiger partial charge in [-0.05, 0) is 67.8 Å². The maximum atomic E-state index is 9.19. The molecular formula is C19H17Cl2N3. The van der Waals surface area contributed by atoms with Gasteiger partial charge in [0.25, 0.3) is 0 Å². The summed E-state index contributed by atoms with van der Waals surface area (Å²) in [6.07, 6.45) is 2.82. The molecule has 0 saturated heterocycles. The molecule has 0 atom stereocenters. The van der Waals surface area contributed by atoms with Crippen molar-refractivity contribution >= 4 is 34.1 Å². The Labute approximate surface area is 151 Å². The zero-order valence-corrected chi connectivity index (χ0v) is 14.6. The summed E-state index contributed by atoms with van der Waals surface area (Å²) in [6, 6.07) is 13.4. The molecule has 3 rings (SSSR count). The highest BCUT2D eigenvalue weighted by Crippen LogP contribution is 2.36. The monoisotopic (exact) mass is 357 g/mol. The highest BCUT2D eigenvalue weighted by atomic mass is 35.5. The molecule has 122 valence electrons. The molecule has 1 aromatic heterocycles. The SMILES string of the molecule is N#Cc1ccc2[nH]c(-c3ccc(Cl)cc3Cl)c(CCCCN)c2c1. The van der Waals surface area contributed by atoms with E-state index in [0.29, 0.717) is 22.2 Å². The molecule has 1 heterocycles. The van der Waals surface area contributed by atoms with Crippen LogP contribution < -0.4 is 5.73 Å². The molecule has 5 heteroatoms. The molecule has 24 heavy (non-hydrogen) atoms. The fourth-order valence-corrected chi connectivity index (χ4v) is 3.45. The van der Waals surface area contributed by atoms with E-state index in [0.717, 1.165) is 41.4 Å². The lowest BCUT2D eigenvalue weighted by Crippen LogP contribution is -1.99. The molecule has 0 saturated carbocycles. The number of aromatic amines is 1. The highest BCUT2D eigenvalue weighted by molar-refractivity contribution is 6.36. The highest BCUT2D eigenvalue weighted by Gasteiger charge is 2.16. The second kappa shape index (κ2) is 7.27. The second-order valence-corrected chi connectivity index (χ2v) is 6.56. The number of nitrogens with two attached hydrogens (primary N) is 1. The van der Waals surface area contributed by atoms with E-state index in [1.165, 1.54) is 5.56 Å². The Kier molecular flexibility index (Phi) is 5.11. The molecule has 0 bridgehead atoms. The summed E-state index contributed by atoms with van der Waals surface area (Å²) in [5.74, 6) is 0. The maximum Gasteiger partial charge on any atom is 0.0991 e. The van der Waals surface area contributed by atoms with Crippen molar-refractivity contribution in [1.29, 1.82) is 5.26 Å². The minimum atomic E-state index is 0.606. The average molecular weight is 358 g/mol. The predicted octanol–water partition coefficient (Wildman–Crippen LogP) is 5.29. The third kappa shape index (κ3) is 3.27. The van der Waals surface area contributed by atoms with Crippen molar-refractivity contribution in [2.75, 3.05) is 6.54 Å². The van der Waals surface area contributed by atoms with Gasteiger partial charge in [-0.1, -0.05) is 23.2 Å². The van der Waals surface area contributed by atoms with Crippen LogP contribution in [0.2, 0.25) is 10.0 Å². The van der Waals surface area contributed by atoms with Gasteiger partial charge in [0.05, 0.1) is 22.3 Å². The first kappa shape index (κ1) is 16.9. The molecule has 0 aliphatic rings. The Morgan fingerprint density at radius 1 is 1.08 bits per heavy atom. The summed E-state index contributed by atoms with van der Waals surface area (Å²) in [6.45, 7) is 0.669. The molecule has 3 aromatic rings. The zero-order chi connectivity index (χ0) is 17.1. The normalized spacial score (nSPS) is 10.9. The minimum absolute atomic E-state index is 0.606. The average Bonchev–Trinajstić information content (AvgIpc) is 2.92. The number of halogens is 2. The molecule has 0 radical (unpaired) electrons. The van der Waals surface area contributed by atoms with Crippen LogP contribution in [-0.4, -0.2) is 11.5 Å². The smallest absolute Gasteiger partial charge is 0.0991 e. The summed E-state index contributed by atoms with van der Waals surface area (Å²) in [7, 11) is 0. The summed E-state index contributed by atoms with van der Waals surface area (Å²) in [5, 5.41) is 11.5. The van der Waals surface area contributed by atoms with Crippen LogP contribution >= 0.6 is 23.2 Å². The van der Waals surface area contributed by atoms with E-state index in [4.69, 9.17) is 28.9 Å². The number of nitrogens with one attached hydrogen (secondary N) is 1. The van der Waals surface area contributed by atoms with Gasteiger partial charge in [-0.3, -0.25) is 0 Å². The summed E-state index contributed by atoms with van der Waals surface area (Å²) in [5.41, 5.74) is 10.3. The quantitative estimate of drug-likeness (QED) is 0.608. The molecule has 3 N–H and O–H groups in total. The van der Waals surface area contributed by atoms with Crippen LogP contribution in [0.4, 0.5) is 0 Å². The Morgan fingerprint density at radius 3 is 2.62 bits per heavy atom. The van der Waals surface area contributed by atoms with Gasteiger partial charge in [-0.25, -0.2) is 0 Å². The number of unbranched alkanes of at least 4 members (excludes halogenated alkanes) is 1. The van der Waals surface area contributed by atoms with E-state index >= 15 is 0 Å². The van der Waals surface area contributed by atoms with Gasteiger partial charge in [0.1, 0.15) is 0 Å². The zero-order valence-electron chi connectivity index (χ0n) is 13.1. The molecule has 0 aliphatic heterocycles. The van der Waals surface area contributed by atoms with Gasteiger partial charge in [-0.15, -0.1) is 0 Å². The van der Waals surface area contributed by atoms with Gasteiger partial charge >= 0.3 is 0 Å². The first-order valence-electron chi connectivity index (χ1n) is 7.84. The number of hydrogen-bond donors (Lipinski definition) is 2. The van der Waals surface area contributed by atoms with E-state index in [1.807, 2.05) is 30.3 Å². The van der Waals surface area contributed by atoms with Gasteiger partial charge in [0.2, 0.25) is 0 Å². The van der Waals surface area contributed by atoms with Crippen LogP contribution in [0.15, 0.2) is 36.4 Å². The first-order valence-corrected chi connectivity index (χ1v) is 8.60. The fourth-order valence-electron chi connectivity index (χ4n) is 2.95. The van der Waals surface area contributed by atoms with E-state index in [-0.39, 0.29) is 0 Å². The van der Waals surface area contributed by atoms with E-state index < -0.39 is 0 Å². The van der Waals surface area contributed by atoms with Crippen LogP contribution in [-0.2, 0) is 6.42 Å². The van der Waals surface area contributed by atoms with Gasteiger partial charge in [-0.2, -0.15) is 5.26 Å². The van der Waals surface area contributed by atoms with Crippen LogP contribution in [0.1, 0.15) is 24.0 Å². The molecule has 0 fully saturated rings. The Hall–Kier alpha value is -1.99. The molecule has 2 aromatic carbocycles. The topological polar surface area (TPSA) is 65.6 Å². The fraction of sp³-hybridized carbons (Fsp3) is 0.211. The number of rotatable bonds is 5. The van der Waals surface area contributed by atoms with Crippen LogP contribution in [0.25, 0.3) is 22.2 Å². The molecular weight excluding hydrogens is 341 g/mol. The number of benzene rings is 2. The number of hydrogen-bond acceptors (Lipinski definition) is 2. The molecule has 0 unspecified atom stereocenters. The number of nitrogens with zero attached hydrogens (tertiary/aromatic N) is 1. The summed E-state index contributed by atoms with van der Waals surface area (Å²) in [4.78, 5) is 3.45. The molecule has 0 aliphatic carbocycles. The summed E-state index contributed by atoms with van der Waals surface area (Å²) < 4.78 is 0. The Morgan fingerprint density at radius 2 is 1.92 bits per heavy atom. The van der Waals surface area contributed by atoms with Crippen molar-refractivity contribution in [1.82, 2.24) is 4.98 Å². The predicted molar refractivity (Wildman–Crippen MR) is 100 cm³/mol. The van der Waals surface area contributed by atoms with Crippen LogP contribution in [0.3, 0.4) is 0 Å². The van der Waals surface area contributed by atoms with E-state index in [2.05, 4.69) is 11.1 Å². The summed E-state index contributed by atoms with van der Waals surface area (Å²) >= 11 is 12.4. The largest absolute Gasteiger partial charge is 0.354 e. The van der Waals surface area contributed by atoms with Crippen LogP contribution in [0, 0.1) is 11.3 Å². The van der Waals surface area contributed by atoms with Crippen LogP contribution in [0.5, 0.6) is 0 Å². The Bertz CT molecular complexity index is 922. The van der Waals surface area contributed by atoms with Crippen molar-refractivity contribution < 1.29 is 0 Å². The van der Waals surface area contributed by atoms with Gasteiger partial charge < -0.3 is 10.7 Å². The van der Waals surface area contributed by atoms with Crippen molar-refractivity contribution in [2.45, 2.75) is 19.3 Å².